The van der Waals surface area contributed by atoms with Gasteiger partial charge < -0.3 is 0 Å². The minimum atomic E-state index is 0.558. The van der Waals surface area contributed by atoms with E-state index in [1.54, 1.807) is 0 Å². The zero-order valence-electron chi connectivity index (χ0n) is 30.3. The van der Waals surface area contributed by atoms with Crippen LogP contribution >= 0.6 is 0 Å². The van der Waals surface area contributed by atoms with E-state index < -0.39 is 0 Å². The van der Waals surface area contributed by atoms with Gasteiger partial charge in [0.1, 0.15) is 0 Å². The smallest absolute Gasteiger partial charge is 0.240 e. The Morgan fingerprint density at radius 1 is 0.250 bits per heavy atom. The van der Waals surface area contributed by atoms with Crippen LogP contribution in [0.5, 0.6) is 0 Å². The summed E-state index contributed by atoms with van der Waals surface area (Å²) in [6.45, 7) is 0. The zero-order valence-corrected chi connectivity index (χ0v) is 30.3. The molecule has 0 amide bonds. The van der Waals surface area contributed by atoms with Crippen molar-refractivity contribution in [1.82, 2.24) is 24.1 Å². The molecule has 0 unspecified atom stereocenters. The van der Waals surface area contributed by atoms with Crippen LogP contribution in [0.2, 0.25) is 0 Å². The van der Waals surface area contributed by atoms with Crippen molar-refractivity contribution >= 4 is 43.6 Å². The highest BCUT2D eigenvalue weighted by atomic mass is 15.3. The second-order valence-corrected chi connectivity index (χ2v) is 14.1. The molecule has 0 saturated carbocycles. The van der Waals surface area contributed by atoms with E-state index in [1.807, 2.05) is 0 Å². The van der Waals surface area contributed by atoms with Crippen LogP contribution in [0, 0.1) is 0 Å². The molecule has 0 spiro atoms. The lowest BCUT2D eigenvalue weighted by Gasteiger charge is -2.14. The van der Waals surface area contributed by atoms with Gasteiger partial charge in [-0.15, -0.1) is 0 Å². The first-order valence-corrected chi connectivity index (χ1v) is 18.9. The number of aromatic nitrogens is 5. The molecule has 3 aromatic heterocycles. The highest BCUT2D eigenvalue weighted by molar-refractivity contribution is 6.10. The molecule has 11 rings (SSSR count). The van der Waals surface area contributed by atoms with Crippen molar-refractivity contribution in [2.75, 3.05) is 0 Å². The lowest BCUT2D eigenvalue weighted by molar-refractivity contribution is 0.893. The van der Waals surface area contributed by atoms with Gasteiger partial charge in [-0.3, -0.25) is 9.13 Å². The third-order valence-corrected chi connectivity index (χ3v) is 10.8. The highest BCUT2D eigenvalue weighted by Crippen LogP contribution is 2.37. The lowest BCUT2D eigenvalue weighted by atomic mass is 9.94. The summed E-state index contributed by atoms with van der Waals surface area (Å²) in [5.41, 5.74) is 11.8. The number of hydrogen-bond donors (Lipinski definition) is 0. The van der Waals surface area contributed by atoms with Gasteiger partial charge >= 0.3 is 0 Å². The highest BCUT2D eigenvalue weighted by Gasteiger charge is 2.21. The van der Waals surface area contributed by atoms with Gasteiger partial charge in [0, 0.05) is 27.1 Å². The Morgan fingerprint density at radius 2 is 0.554 bits per heavy atom. The summed E-state index contributed by atoms with van der Waals surface area (Å²) in [4.78, 5) is 16.1. The van der Waals surface area contributed by atoms with Gasteiger partial charge in [0.15, 0.2) is 5.82 Å². The van der Waals surface area contributed by atoms with Crippen molar-refractivity contribution in [3.63, 3.8) is 0 Å². The van der Waals surface area contributed by atoms with E-state index in [4.69, 9.17) is 15.0 Å². The molecule has 56 heavy (non-hydrogen) atoms. The Hall–Kier alpha value is -7.63. The van der Waals surface area contributed by atoms with E-state index in [2.05, 4.69) is 209 Å². The maximum Gasteiger partial charge on any atom is 0.240 e. The second kappa shape index (κ2) is 13.0. The van der Waals surface area contributed by atoms with E-state index in [9.17, 15) is 0 Å². The molecule has 3 heterocycles. The predicted molar refractivity (Wildman–Crippen MR) is 230 cm³/mol. The standard InChI is InChI=1S/C51H33N5/c1-3-15-34(16-4-1)36-27-29-37(30-28-36)39-31-38(35-17-5-2-6-18-35)32-40(33-39)49-52-50(55-45-23-11-7-19-41(45)42-20-8-12-24-46(42)55)54-51(53-49)56-47-25-13-9-21-43(47)44-22-10-14-26-48(44)56/h1-33H. The summed E-state index contributed by atoms with van der Waals surface area (Å²) in [5.74, 6) is 1.71. The molecule has 0 saturated heterocycles. The number of hydrogen-bond acceptors (Lipinski definition) is 3. The van der Waals surface area contributed by atoms with Crippen molar-refractivity contribution in [2.24, 2.45) is 0 Å². The van der Waals surface area contributed by atoms with Gasteiger partial charge in [0.2, 0.25) is 11.9 Å². The molecule has 0 fully saturated rings. The molecule has 0 atom stereocenters. The molecule has 0 radical (unpaired) electrons. The van der Waals surface area contributed by atoms with Gasteiger partial charge in [0.05, 0.1) is 22.1 Å². The number of para-hydroxylation sites is 4. The molecule has 0 N–H and O–H groups in total. The Bertz CT molecular complexity index is 2990. The first-order chi connectivity index (χ1) is 27.8. The summed E-state index contributed by atoms with van der Waals surface area (Å²) in [6.07, 6.45) is 0. The monoisotopic (exact) mass is 715 g/mol. The molecule has 5 heteroatoms. The van der Waals surface area contributed by atoms with E-state index in [0.29, 0.717) is 17.7 Å². The molecule has 0 aliphatic rings. The number of fused-ring (bicyclic) bond motifs is 6. The fourth-order valence-electron chi connectivity index (χ4n) is 8.17. The summed E-state index contributed by atoms with van der Waals surface area (Å²) >= 11 is 0. The second-order valence-electron chi connectivity index (χ2n) is 14.1. The normalized spacial score (nSPS) is 11.6. The first-order valence-electron chi connectivity index (χ1n) is 18.9. The minimum absolute atomic E-state index is 0.558. The van der Waals surface area contributed by atoms with Crippen molar-refractivity contribution in [3.8, 4) is 56.7 Å². The molecule has 5 nitrogen and oxygen atoms in total. The van der Waals surface area contributed by atoms with Crippen molar-refractivity contribution in [3.05, 3.63) is 200 Å². The largest absolute Gasteiger partial charge is 0.278 e. The Kier molecular flexibility index (Phi) is 7.42. The van der Waals surface area contributed by atoms with Crippen molar-refractivity contribution in [2.45, 2.75) is 0 Å². The van der Waals surface area contributed by atoms with Crippen LogP contribution in [0.3, 0.4) is 0 Å². The topological polar surface area (TPSA) is 48.5 Å². The minimum Gasteiger partial charge on any atom is -0.278 e. The average Bonchev–Trinajstić information content (AvgIpc) is 3.80. The molecular formula is C51H33N5. The number of nitrogens with zero attached hydrogens (tertiary/aromatic N) is 5. The fraction of sp³-hybridized carbons (Fsp3) is 0. The van der Waals surface area contributed by atoms with Crippen LogP contribution < -0.4 is 0 Å². The van der Waals surface area contributed by atoms with Gasteiger partial charge in [-0.2, -0.15) is 15.0 Å². The molecule has 0 aliphatic heterocycles. The third-order valence-electron chi connectivity index (χ3n) is 10.8. The molecule has 262 valence electrons. The van der Waals surface area contributed by atoms with Crippen LogP contribution in [0.15, 0.2) is 200 Å². The summed E-state index contributed by atoms with van der Waals surface area (Å²) in [7, 11) is 0. The fourth-order valence-corrected chi connectivity index (χ4v) is 8.17. The Labute approximate surface area is 323 Å². The summed E-state index contributed by atoms with van der Waals surface area (Å²) < 4.78 is 4.36. The van der Waals surface area contributed by atoms with E-state index in [-0.39, 0.29) is 0 Å². The van der Waals surface area contributed by atoms with E-state index in [0.717, 1.165) is 71.4 Å². The first kappa shape index (κ1) is 31.9. The van der Waals surface area contributed by atoms with Crippen LogP contribution in [-0.4, -0.2) is 24.1 Å². The average molecular weight is 716 g/mol. The quantitative estimate of drug-likeness (QED) is 0.172. The van der Waals surface area contributed by atoms with Crippen molar-refractivity contribution in [1.29, 1.82) is 0 Å². The van der Waals surface area contributed by atoms with Gasteiger partial charge in [-0.05, 0) is 75.8 Å². The maximum absolute atomic E-state index is 5.37. The van der Waals surface area contributed by atoms with Crippen LogP contribution in [0.1, 0.15) is 0 Å². The molecule has 0 bridgehead atoms. The van der Waals surface area contributed by atoms with E-state index in [1.165, 1.54) is 11.1 Å². The van der Waals surface area contributed by atoms with Crippen molar-refractivity contribution < 1.29 is 0 Å². The Balaban J connectivity index is 1.19. The zero-order chi connectivity index (χ0) is 37.0. The van der Waals surface area contributed by atoms with E-state index >= 15 is 0 Å². The SMILES string of the molecule is c1ccc(-c2ccc(-c3cc(-c4ccccc4)cc(-c4nc(-n5c6ccccc6c6ccccc65)nc(-n5c6ccccc6c6ccccc65)n4)c3)cc2)cc1. The molecule has 11 aromatic rings. The molecular weight excluding hydrogens is 683 g/mol. The predicted octanol–water partition coefficient (Wildman–Crippen LogP) is 12.7. The third kappa shape index (κ3) is 5.29. The summed E-state index contributed by atoms with van der Waals surface area (Å²) in [5, 5.41) is 4.60. The van der Waals surface area contributed by atoms with Gasteiger partial charge in [0.25, 0.3) is 0 Å². The maximum atomic E-state index is 5.37. The van der Waals surface area contributed by atoms with Gasteiger partial charge in [-0.25, -0.2) is 0 Å². The van der Waals surface area contributed by atoms with Crippen LogP contribution in [0.4, 0.5) is 0 Å². The lowest BCUT2D eigenvalue weighted by Crippen LogP contribution is -2.10. The summed E-state index contributed by atoms with van der Waals surface area (Å²) in [6, 6.07) is 70.4. The Morgan fingerprint density at radius 3 is 0.964 bits per heavy atom. The number of rotatable bonds is 6. The number of benzene rings is 8. The van der Waals surface area contributed by atoms with Crippen LogP contribution in [0.25, 0.3) is 100 Å². The van der Waals surface area contributed by atoms with Crippen LogP contribution in [-0.2, 0) is 0 Å². The molecule has 8 aromatic carbocycles. The van der Waals surface area contributed by atoms with Gasteiger partial charge in [-0.1, -0.05) is 158 Å². The molecule has 0 aliphatic carbocycles.